The maximum Gasteiger partial charge on any atom is 0.323 e. The Hall–Kier alpha value is -5.57. The summed E-state index contributed by atoms with van der Waals surface area (Å²) in [6, 6.07) is 17.5. The van der Waals surface area contributed by atoms with E-state index < -0.39 is 0 Å². The van der Waals surface area contributed by atoms with E-state index >= 15 is 0 Å². The number of pyridine rings is 1. The van der Waals surface area contributed by atoms with E-state index in [4.69, 9.17) is 4.98 Å². The van der Waals surface area contributed by atoms with E-state index in [0.29, 0.717) is 29.7 Å². The molecule has 43 heavy (non-hydrogen) atoms. The van der Waals surface area contributed by atoms with Gasteiger partial charge in [0.1, 0.15) is 17.5 Å². The Kier molecular flexibility index (Phi) is 8.04. The summed E-state index contributed by atoms with van der Waals surface area (Å²) in [4.78, 5) is 29.1. The number of hydrogen-bond acceptors (Lipinski definition) is 8. The van der Waals surface area contributed by atoms with Gasteiger partial charge in [-0.25, -0.2) is 19.4 Å². The summed E-state index contributed by atoms with van der Waals surface area (Å²) in [6.45, 7) is 0.426. The average Bonchev–Trinajstić information content (AvgIpc) is 3.74. The van der Waals surface area contributed by atoms with Crippen LogP contribution in [0.15, 0.2) is 85.7 Å². The SMILES string of the molecule is Cn1cc(-c2ccc(N(C(=O)NCc3ccccc3)[C@H]3CC[C@H](Nc4ncc(C#N)c(-n5cccn5)n4)CC3)nc2)cn1. The molecule has 0 radical (unpaired) electrons. The number of nitrogens with zero attached hydrogens (tertiary/aromatic N) is 9. The van der Waals surface area contributed by atoms with Crippen molar-refractivity contribution < 1.29 is 4.79 Å². The first-order valence-electron chi connectivity index (χ1n) is 14.2. The number of hydrogen-bond donors (Lipinski definition) is 2. The predicted molar refractivity (Wildman–Crippen MR) is 161 cm³/mol. The second kappa shape index (κ2) is 12.5. The normalized spacial score (nSPS) is 16.3. The number of carbonyl (C=O) groups is 1. The van der Waals surface area contributed by atoms with E-state index in [9.17, 15) is 10.1 Å². The Balaban J connectivity index is 1.16. The van der Waals surface area contributed by atoms with Crippen LogP contribution in [-0.2, 0) is 13.6 Å². The van der Waals surface area contributed by atoms with Gasteiger partial charge in [0.05, 0.1) is 12.4 Å². The van der Waals surface area contributed by atoms with Crippen molar-refractivity contribution in [1.29, 1.82) is 5.26 Å². The molecule has 0 aliphatic heterocycles. The summed E-state index contributed by atoms with van der Waals surface area (Å²) >= 11 is 0. The van der Waals surface area contributed by atoms with Gasteiger partial charge in [0.25, 0.3) is 0 Å². The minimum atomic E-state index is -0.179. The number of aryl methyl sites for hydroxylation is 1. The quantitative estimate of drug-likeness (QED) is 0.277. The zero-order chi connectivity index (χ0) is 29.6. The molecule has 5 aromatic rings. The zero-order valence-electron chi connectivity index (χ0n) is 23.7. The molecule has 4 heterocycles. The predicted octanol–water partition coefficient (Wildman–Crippen LogP) is 4.47. The molecule has 1 saturated carbocycles. The third-order valence-corrected chi connectivity index (χ3v) is 7.54. The highest BCUT2D eigenvalue weighted by molar-refractivity contribution is 5.91. The topological polar surface area (TPSA) is 142 Å². The number of nitrogens with one attached hydrogen (secondary N) is 2. The van der Waals surface area contributed by atoms with E-state index in [2.05, 4.69) is 36.9 Å². The largest absolute Gasteiger partial charge is 0.351 e. The van der Waals surface area contributed by atoms with Crippen LogP contribution in [-0.4, -0.2) is 52.6 Å². The fourth-order valence-corrected chi connectivity index (χ4v) is 5.34. The molecule has 0 bridgehead atoms. The molecule has 2 N–H and O–H groups in total. The van der Waals surface area contributed by atoms with Crippen molar-refractivity contribution in [1.82, 2.24) is 39.8 Å². The molecule has 0 saturated heterocycles. The second-order valence-electron chi connectivity index (χ2n) is 10.5. The van der Waals surface area contributed by atoms with Crippen molar-refractivity contribution in [3.8, 4) is 23.0 Å². The van der Waals surface area contributed by atoms with Crippen LogP contribution in [0.5, 0.6) is 0 Å². The zero-order valence-corrected chi connectivity index (χ0v) is 23.7. The third-order valence-electron chi connectivity index (χ3n) is 7.54. The van der Waals surface area contributed by atoms with Gasteiger partial charge in [0.2, 0.25) is 5.95 Å². The number of amides is 2. The van der Waals surface area contributed by atoms with Gasteiger partial charge in [-0.05, 0) is 49.4 Å². The summed E-state index contributed by atoms with van der Waals surface area (Å²) < 4.78 is 3.31. The average molecular weight is 574 g/mol. The Bertz CT molecular complexity index is 1700. The fourth-order valence-electron chi connectivity index (χ4n) is 5.34. The van der Waals surface area contributed by atoms with Gasteiger partial charge >= 0.3 is 6.03 Å². The van der Waals surface area contributed by atoms with Crippen LogP contribution >= 0.6 is 0 Å². The molecule has 2 amide bonds. The summed E-state index contributed by atoms with van der Waals surface area (Å²) in [7, 11) is 1.88. The molecule has 12 nitrogen and oxygen atoms in total. The van der Waals surface area contributed by atoms with Crippen LogP contribution in [0.1, 0.15) is 36.8 Å². The first-order chi connectivity index (χ1) is 21.1. The molecule has 0 unspecified atom stereocenters. The van der Waals surface area contributed by atoms with Gasteiger partial charge in [-0.1, -0.05) is 30.3 Å². The summed E-state index contributed by atoms with van der Waals surface area (Å²) in [5, 5.41) is 24.5. The second-order valence-corrected chi connectivity index (χ2v) is 10.5. The lowest BCUT2D eigenvalue weighted by molar-refractivity contribution is 0.240. The lowest BCUT2D eigenvalue weighted by Gasteiger charge is -2.36. The highest BCUT2D eigenvalue weighted by atomic mass is 16.2. The van der Waals surface area contributed by atoms with E-state index in [1.807, 2.05) is 55.7 Å². The van der Waals surface area contributed by atoms with Crippen LogP contribution < -0.4 is 15.5 Å². The van der Waals surface area contributed by atoms with Gasteiger partial charge in [0.15, 0.2) is 5.82 Å². The van der Waals surface area contributed by atoms with E-state index in [-0.39, 0.29) is 18.1 Å². The Morgan fingerprint density at radius 1 is 1.00 bits per heavy atom. The maximum atomic E-state index is 13.6. The van der Waals surface area contributed by atoms with Crippen LogP contribution in [0, 0.1) is 11.3 Å². The highest BCUT2D eigenvalue weighted by Gasteiger charge is 2.31. The molecule has 0 atom stereocenters. The van der Waals surface area contributed by atoms with Gasteiger partial charge in [-0.3, -0.25) is 9.58 Å². The molecular formula is C31H31N11O. The van der Waals surface area contributed by atoms with E-state index in [1.54, 1.807) is 45.1 Å². The smallest absolute Gasteiger partial charge is 0.323 e. The molecule has 216 valence electrons. The van der Waals surface area contributed by atoms with Crippen molar-refractivity contribution in [2.24, 2.45) is 7.05 Å². The number of rotatable bonds is 8. The number of nitriles is 1. The maximum absolute atomic E-state index is 13.6. The van der Waals surface area contributed by atoms with Crippen molar-refractivity contribution in [2.45, 2.75) is 44.3 Å². The molecule has 1 aliphatic rings. The Morgan fingerprint density at radius 3 is 2.51 bits per heavy atom. The van der Waals surface area contributed by atoms with Crippen LogP contribution in [0.25, 0.3) is 16.9 Å². The van der Waals surface area contributed by atoms with Gasteiger partial charge < -0.3 is 10.6 Å². The van der Waals surface area contributed by atoms with Gasteiger partial charge in [-0.15, -0.1) is 0 Å². The van der Waals surface area contributed by atoms with Crippen LogP contribution in [0.2, 0.25) is 0 Å². The van der Waals surface area contributed by atoms with Crippen LogP contribution in [0.3, 0.4) is 0 Å². The number of carbonyl (C=O) groups excluding carboxylic acids is 1. The van der Waals surface area contributed by atoms with E-state index in [1.165, 1.54) is 6.20 Å². The van der Waals surface area contributed by atoms with Crippen molar-refractivity contribution in [3.63, 3.8) is 0 Å². The fraction of sp³-hybridized carbons (Fsp3) is 0.258. The molecule has 0 spiro atoms. The lowest BCUT2D eigenvalue weighted by atomic mass is 9.90. The summed E-state index contributed by atoms with van der Waals surface area (Å²) in [5.74, 6) is 1.48. The number of benzene rings is 1. The number of aromatic nitrogens is 7. The molecule has 12 heteroatoms. The first-order valence-corrected chi connectivity index (χ1v) is 14.2. The van der Waals surface area contributed by atoms with Gasteiger partial charge in [0, 0.05) is 61.6 Å². The number of urea groups is 1. The third kappa shape index (κ3) is 6.36. The summed E-state index contributed by atoms with van der Waals surface area (Å²) in [5.41, 5.74) is 3.28. The van der Waals surface area contributed by atoms with Gasteiger partial charge in [-0.2, -0.15) is 20.4 Å². The molecule has 1 aromatic carbocycles. The van der Waals surface area contributed by atoms with Crippen molar-refractivity contribution in [3.05, 3.63) is 96.8 Å². The molecular weight excluding hydrogens is 542 g/mol. The van der Waals surface area contributed by atoms with Crippen LogP contribution in [0.4, 0.5) is 16.6 Å². The standard InChI is InChI=1S/C31H31N11O/c1-40-21-25(20-37-40)23-8-13-28(33-18-23)42(31(43)35-17-22-6-3-2-4-7-22)27-11-9-26(10-12-27)38-30-34-19-24(16-32)29(39-30)41-15-5-14-36-41/h2-8,13-15,18-21,26-27H,9-12,17H2,1H3,(H,35,43)(H,34,38,39)/t26-,27-. The molecule has 6 rings (SSSR count). The first kappa shape index (κ1) is 27.6. The molecule has 1 fully saturated rings. The monoisotopic (exact) mass is 573 g/mol. The minimum Gasteiger partial charge on any atom is -0.351 e. The van der Waals surface area contributed by atoms with Crippen molar-refractivity contribution >= 4 is 17.8 Å². The minimum absolute atomic E-state index is 0.0351. The van der Waals surface area contributed by atoms with E-state index in [0.717, 1.165) is 42.4 Å². The lowest BCUT2D eigenvalue weighted by Crippen LogP contribution is -2.49. The Morgan fingerprint density at radius 2 is 1.84 bits per heavy atom. The number of anilines is 2. The summed E-state index contributed by atoms with van der Waals surface area (Å²) in [6.07, 6.45) is 13.6. The van der Waals surface area contributed by atoms with Crippen molar-refractivity contribution in [2.75, 3.05) is 10.2 Å². The highest BCUT2D eigenvalue weighted by Crippen LogP contribution is 2.29. The Labute approximate surface area is 249 Å². The molecule has 4 aromatic heterocycles. The molecule has 1 aliphatic carbocycles.